The van der Waals surface area contributed by atoms with Gasteiger partial charge in [0.25, 0.3) is 0 Å². The van der Waals surface area contributed by atoms with Gasteiger partial charge in [0.1, 0.15) is 0 Å². The zero-order chi connectivity index (χ0) is 19.2. The van der Waals surface area contributed by atoms with E-state index in [0.29, 0.717) is 0 Å². The first kappa shape index (κ1) is 19.4. The van der Waals surface area contributed by atoms with Gasteiger partial charge in [-0.05, 0) is 75.8 Å². The van der Waals surface area contributed by atoms with E-state index in [2.05, 4.69) is 34.1 Å². The SMILES string of the molecule is O=C(c1ccc(CCN2CCCC2)cc1)c1ccc(CCN2CCCC2)cc1. The van der Waals surface area contributed by atoms with Gasteiger partial charge in [0.05, 0.1) is 0 Å². The second-order valence-corrected chi connectivity index (χ2v) is 8.32. The lowest BCUT2D eigenvalue weighted by atomic mass is 9.99. The Morgan fingerprint density at radius 1 is 0.607 bits per heavy atom. The number of nitrogens with zero attached hydrogens (tertiary/aromatic N) is 2. The minimum Gasteiger partial charge on any atom is -0.303 e. The van der Waals surface area contributed by atoms with Gasteiger partial charge in [-0.25, -0.2) is 0 Å². The summed E-state index contributed by atoms with van der Waals surface area (Å²) in [6, 6.07) is 16.4. The van der Waals surface area contributed by atoms with E-state index in [0.717, 1.165) is 37.1 Å². The summed E-state index contributed by atoms with van der Waals surface area (Å²) in [5.74, 6) is 0.122. The van der Waals surface area contributed by atoms with Crippen molar-refractivity contribution in [2.24, 2.45) is 0 Å². The first-order valence-corrected chi connectivity index (χ1v) is 11.0. The lowest BCUT2D eigenvalue weighted by molar-refractivity contribution is 0.103. The quantitative estimate of drug-likeness (QED) is 0.645. The first-order valence-electron chi connectivity index (χ1n) is 11.0. The highest BCUT2D eigenvalue weighted by Crippen LogP contribution is 2.15. The molecule has 0 aliphatic carbocycles. The fourth-order valence-corrected chi connectivity index (χ4v) is 4.40. The van der Waals surface area contributed by atoms with Crippen LogP contribution in [0.1, 0.15) is 52.7 Å². The summed E-state index contributed by atoms with van der Waals surface area (Å²) in [4.78, 5) is 17.9. The van der Waals surface area contributed by atoms with Crippen LogP contribution in [0, 0.1) is 0 Å². The van der Waals surface area contributed by atoms with Crippen molar-refractivity contribution >= 4 is 5.78 Å². The number of carbonyl (C=O) groups excluding carboxylic acids is 1. The van der Waals surface area contributed by atoms with Crippen LogP contribution in [0.2, 0.25) is 0 Å². The molecule has 2 heterocycles. The number of rotatable bonds is 8. The van der Waals surface area contributed by atoms with Crippen molar-refractivity contribution in [2.75, 3.05) is 39.3 Å². The average Bonchev–Trinajstić information content (AvgIpc) is 3.45. The molecule has 0 amide bonds. The molecule has 0 atom stereocenters. The van der Waals surface area contributed by atoms with Crippen LogP contribution in [0.4, 0.5) is 0 Å². The van der Waals surface area contributed by atoms with Crippen molar-refractivity contribution < 1.29 is 4.79 Å². The van der Waals surface area contributed by atoms with E-state index >= 15 is 0 Å². The molecule has 0 bridgehead atoms. The van der Waals surface area contributed by atoms with Crippen LogP contribution in [-0.2, 0) is 12.8 Å². The summed E-state index contributed by atoms with van der Waals surface area (Å²) in [6.07, 6.45) is 7.49. The van der Waals surface area contributed by atoms with Gasteiger partial charge < -0.3 is 9.80 Å². The molecular formula is C25H32N2O. The van der Waals surface area contributed by atoms with Crippen LogP contribution < -0.4 is 0 Å². The maximum absolute atomic E-state index is 12.8. The van der Waals surface area contributed by atoms with Crippen molar-refractivity contribution in [3.8, 4) is 0 Å². The highest BCUT2D eigenvalue weighted by molar-refractivity contribution is 6.08. The van der Waals surface area contributed by atoms with Gasteiger partial charge >= 0.3 is 0 Å². The van der Waals surface area contributed by atoms with Gasteiger partial charge in [0, 0.05) is 24.2 Å². The van der Waals surface area contributed by atoms with E-state index < -0.39 is 0 Å². The molecule has 0 spiro atoms. The van der Waals surface area contributed by atoms with Gasteiger partial charge in [-0.15, -0.1) is 0 Å². The minimum atomic E-state index is 0.122. The summed E-state index contributed by atoms with van der Waals surface area (Å²) >= 11 is 0. The van der Waals surface area contributed by atoms with Crippen molar-refractivity contribution in [2.45, 2.75) is 38.5 Å². The Labute approximate surface area is 169 Å². The van der Waals surface area contributed by atoms with Crippen molar-refractivity contribution in [3.63, 3.8) is 0 Å². The number of ketones is 1. The van der Waals surface area contributed by atoms with E-state index in [9.17, 15) is 4.79 Å². The van der Waals surface area contributed by atoms with Gasteiger partial charge in [-0.3, -0.25) is 4.79 Å². The van der Waals surface area contributed by atoms with Crippen LogP contribution in [0.25, 0.3) is 0 Å². The predicted octanol–water partition coefficient (Wildman–Crippen LogP) is 4.19. The van der Waals surface area contributed by atoms with Crippen molar-refractivity contribution in [3.05, 3.63) is 70.8 Å². The van der Waals surface area contributed by atoms with Gasteiger partial charge in [-0.2, -0.15) is 0 Å². The normalized spacial score (nSPS) is 18.0. The highest BCUT2D eigenvalue weighted by Gasteiger charge is 2.13. The lowest BCUT2D eigenvalue weighted by Crippen LogP contribution is -2.22. The van der Waals surface area contributed by atoms with E-state index in [1.807, 2.05) is 24.3 Å². The molecule has 3 nitrogen and oxygen atoms in total. The maximum atomic E-state index is 12.8. The predicted molar refractivity (Wildman–Crippen MR) is 115 cm³/mol. The highest BCUT2D eigenvalue weighted by atomic mass is 16.1. The molecule has 2 aliphatic rings. The molecule has 0 saturated carbocycles. The van der Waals surface area contributed by atoms with Crippen molar-refractivity contribution in [1.29, 1.82) is 0 Å². The first-order chi connectivity index (χ1) is 13.8. The molecule has 2 aliphatic heterocycles. The van der Waals surface area contributed by atoms with E-state index in [-0.39, 0.29) is 5.78 Å². The number of hydrogen-bond acceptors (Lipinski definition) is 3. The van der Waals surface area contributed by atoms with E-state index in [4.69, 9.17) is 0 Å². The molecular weight excluding hydrogens is 344 g/mol. The second kappa shape index (κ2) is 9.49. The number of benzene rings is 2. The summed E-state index contributed by atoms with van der Waals surface area (Å²) in [6.45, 7) is 7.22. The molecule has 2 aromatic rings. The lowest BCUT2D eigenvalue weighted by Gasteiger charge is -2.14. The third-order valence-electron chi connectivity index (χ3n) is 6.26. The van der Waals surface area contributed by atoms with Crippen LogP contribution in [-0.4, -0.2) is 54.9 Å². The summed E-state index contributed by atoms with van der Waals surface area (Å²) in [7, 11) is 0. The smallest absolute Gasteiger partial charge is 0.193 e. The maximum Gasteiger partial charge on any atom is 0.193 e. The molecule has 0 radical (unpaired) electrons. The van der Waals surface area contributed by atoms with Crippen LogP contribution in [0.3, 0.4) is 0 Å². The fourth-order valence-electron chi connectivity index (χ4n) is 4.40. The minimum absolute atomic E-state index is 0.122. The Morgan fingerprint density at radius 2 is 0.964 bits per heavy atom. The Balaban J connectivity index is 1.30. The third-order valence-corrected chi connectivity index (χ3v) is 6.26. The zero-order valence-corrected chi connectivity index (χ0v) is 16.9. The Bertz CT molecular complexity index is 689. The largest absolute Gasteiger partial charge is 0.303 e. The molecule has 2 fully saturated rings. The molecule has 0 unspecified atom stereocenters. The molecule has 0 N–H and O–H groups in total. The van der Waals surface area contributed by atoms with Crippen LogP contribution in [0.15, 0.2) is 48.5 Å². The number of carbonyl (C=O) groups is 1. The van der Waals surface area contributed by atoms with Gasteiger partial charge in [-0.1, -0.05) is 48.5 Å². The molecule has 3 heteroatoms. The molecule has 2 saturated heterocycles. The summed E-state index contributed by atoms with van der Waals surface area (Å²) in [5.41, 5.74) is 4.21. The monoisotopic (exact) mass is 376 g/mol. The van der Waals surface area contributed by atoms with E-state index in [1.54, 1.807) is 0 Å². The van der Waals surface area contributed by atoms with Gasteiger partial charge in [0.15, 0.2) is 5.78 Å². The molecule has 2 aromatic carbocycles. The van der Waals surface area contributed by atoms with Gasteiger partial charge in [0.2, 0.25) is 0 Å². The third kappa shape index (κ3) is 5.09. The summed E-state index contributed by atoms with van der Waals surface area (Å²) < 4.78 is 0. The topological polar surface area (TPSA) is 23.6 Å². The average molecular weight is 377 g/mol. The second-order valence-electron chi connectivity index (χ2n) is 8.32. The fraction of sp³-hybridized carbons (Fsp3) is 0.480. The molecule has 28 heavy (non-hydrogen) atoms. The molecule has 148 valence electrons. The number of likely N-dealkylation sites (tertiary alicyclic amines) is 2. The molecule has 0 aromatic heterocycles. The Hall–Kier alpha value is -1.97. The molecule has 4 rings (SSSR count). The Kier molecular flexibility index (Phi) is 6.56. The van der Waals surface area contributed by atoms with Crippen molar-refractivity contribution in [1.82, 2.24) is 9.80 Å². The Morgan fingerprint density at radius 3 is 1.32 bits per heavy atom. The summed E-state index contributed by atoms with van der Waals surface area (Å²) in [5, 5.41) is 0. The zero-order valence-electron chi connectivity index (χ0n) is 16.9. The van der Waals surface area contributed by atoms with E-state index in [1.165, 1.54) is 63.0 Å². The van der Waals surface area contributed by atoms with Crippen LogP contribution in [0.5, 0.6) is 0 Å². The van der Waals surface area contributed by atoms with Crippen LogP contribution >= 0.6 is 0 Å². The standard InChI is InChI=1S/C25H32N2O/c28-25(23-9-5-21(6-10-23)13-19-26-15-1-2-16-26)24-11-7-22(8-12-24)14-20-27-17-3-4-18-27/h5-12H,1-4,13-20H2. The number of hydrogen-bond donors (Lipinski definition) is 0.